The minimum Gasteiger partial charge on any atom is -0.387 e. The number of unbranched alkanes of at least 4 members (excludes halogenated alkanes) is 1. The third kappa shape index (κ3) is 4.12. The molecule has 0 saturated heterocycles. The van der Waals surface area contributed by atoms with Crippen molar-refractivity contribution in [1.29, 1.82) is 0 Å². The summed E-state index contributed by atoms with van der Waals surface area (Å²) in [4.78, 5) is 0. The number of rotatable bonds is 6. The van der Waals surface area contributed by atoms with Gasteiger partial charge in [-0.2, -0.15) is 0 Å². The van der Waals surface area contributed by atoms with Gasteiger partial charge in [-0.15, -0.1) is 0 Å². The Hall–Kier alpha value is -0.570. The van der Waals surface area contributed by atoms with E-state index in [1.807, 2.05) is 25.1 Å². The van der Waals surface area contributed by atoms with Crippen LogP contribution in [0.4, 0.5) is 0 Å². The number of aliphatic hydroxyl groups excluding tert-OH is 1. The fourth-order valence-corrected chi connectivity index (χ4v) is 1.65. The lowest BCUT2D eigenvalue weighted by molar-refractivity contribution is 0.174. The summed E-state index contributed by atoms with van der Waals surface area (Å²) in [6.45, 7) is 5.66. The average Bonchev–Trinajstić information content (AvgIpc) is 2.28. The second kappa shape index (κ2) is 6.89. The van der Waals surface area contributed by atoms with E-state index < -0.39 is 6.10 Å². The van der Waals surface area contributed by atoms with Crippen molar-refractivity contribution < 1.29 is 5.11 Å². The molecule has 0 aliphatic rings. The van der Waals surface area contributed by atoms with Crippen molar-refractivity contribution in [2.45, 2.75) is 32.8 Å². The fraction of sp³-hybridized carbons (Fsp3) is 0.538. The lowest BCUT2D eigenvalue weighted by Crippen LogP contribution is -2.22. The van der Waals surface area contributed by atoms with Crippen molar-refractivity contribution in [2.75, 3.05) is 13.1 Å². The highest BCUT2D eigenvalue weighted by Gasteiger charge is 2.07. The molecule has 0 saturated carbocycles. The number of aliphatic hydroxyl groups is 1. The van der Waals surface area contributed by atoms with E-state index in [9.17, 15) is 5.11 Å². The minimum absolute atomic E-state index is 0.451. The van der Waals surface area contributed by atoms with Gasteiger partial charge in [-0.05, 0) is 37.1 Å². The highest BCUT2D eigenvalue weighted by atomic mass is 35.5. The van der Waals surface area contributed by atoms with Crippen LogP contribution in [0.3, 0.4) is 0 Å². The van der Waals surface area contributed by atoms with Crippen LogP contribution < -0.4 is 5.32 Å². The molecule has 1 unspecified atom stereocenters. The zero-order chi connectivity index (χ0) is 12.0. The van der Waals surface area contributed by atoms with Crippen LogP contribution >= 0.6 is 11.6 Å². The molecule has 0 radical (unpaired) electrons. The van der Waals surface area contributed by atoms with Gasteiger partial charge in [0.1, 0.15) is 0 Å². The minimum atomic E-state index is -0.451. The first-order valence-corrected chi connectivity index (χ1v) is 6.17. The molecule has 0 aliphatic carbocycles. The summed E-state index contributed by atoms with van der Waals surface area (Å²) in [5.74, 6) is 0. The van der Waals surface area contributed by atoms with E-state index in [1.165, 1.54) is 6.42 Å². The largest absolute Gasteiger partial charge is 0.387 e. The molecule has 1 rings (SSSR count). The number of benzene rings is 1. The highest BCUT2D eigenvalue weighted by Crippen LogP contribution is 2.20. The first-order chi connectivity index (χ1) is 7.65. The maximum absolute atomic E-state index is 9.93. The first kappa shape index (κ1) is 13.5. The zero-order valence-electron chi connectivity index (χ0n) is 9.96. The molecule has 0 aliphatic heterocycles. The molecule has 0 bridgehead atoms. The standard InChI is InChI=1S/C13H20ClNO/c1-3-4-7-15-9-13(16)11-5-6-12(14)10(2)8-11/h5-6,8,13,15-16H,3-4,7,9H2,1-2H3. The predicted octanol–water partition coefficient (Wildman–Crippen LogP) is 3.07. The maximum Gasteiger partial charge on any atom is 0.0914 e. The van der Waals surface area contributed by atoms with Crippen LogP contribution in [0, 0.1) is 6.92 Å². The van der Waals surface area contributed by atoms with Crippen molar-refractivity contribution in [2.24, 2.45) is 0 Å². The third-order valence-electron chi connectivity index (χ3n) is 2.61. The van der Waals surface area contributed by atoms with E-state index >= 15 is 0 Å². The van der Waals surface area contributed by atoms with Gasteiger partial charge in [-0.1, -0.05) is 37.1 Å². The van der Waals surface area contributed by atoms with Crippen LogP contribution in [-0.2, 0) is 0 Å². The Morgan fingerprint density at radius 2 is 2.19 bits per heavy atom. The predicted molar refractivity (Wildman–Crippen MR) is 68.9 cm³/mol. The second-order valence-corrected chi connectivity index (χ2v) is 4.49. The molecule has 1 aromatic carbocycles. The molecule has 0 heterocycles. The fourth-order valence-electron chi connectivity index (χ4n) is 1.53. The van der Waals surface area contributed by atoms with Gasteiger partial charge >= 0.3 is 0 Å². The monoisotopic (exact) mass is 241 g/mol. The first-order valence-electron chi connectivity index (χ1n) is 5.80. The van der Waals surface area contributed by atoms with Gasteiger partial charge in [0, 0.05) is 11.6 Å². The molecule has 16 heavy (non-hydrogen) atoms. The molecule has 0 aromatic heterocycles. The molecule has 0 spiro atoms. The average molecular weight is 242 g/mol. The third-order valence-corrected chi connectivity index (χ3v) is 3.04. The summed E-state index contributed by atoms with van der Waals surface area (Å²) in [6, 6.07) is 5.65. The summed E-state index contributed by atoms with van der Waals surface area (Å²) in [6.07, 6.45) is 1.86. The molecule has 2 N–H and O–H groups in total. The van der Waals surface area contributed by atoms with Gasteiger partial charge in [0.2, 0.25) is 0 Å². The number of hydrogen-bond acceptors (Lipinski definition) is 2. The molecule has 90 valence electrons. The molecule has 0 fully saturated rings. The van der Waals surface area contributed by atoms with Crippen molar-refractivity contribution in [3.63, 3.8) is 0 Å². The van der Waals surface area contributed by atoms with E-state index in [0.717, 1.165) is 29.1 Å². The molecule has 3 heteroatoms. The molecule has 0 amide bonds. The van der Waals surface area contributed by atoms with Crippen LogP contribution in [0.1, 0.15) is 37.0 Å². The highest BCUT2D eigenvalue weighted by molar-refractivity contribution is 6.31. The quantitative estimate of drug-likeness (QED) is 0.751. The Labute approximate surface area is 103 Å². The van der Waals surface area contributed by atoms with Gasteiger partial charge in [-0.3, -0.25) is 0 Å². The molecular weight excluding hydrogens is 222 g/mol. The van der Waals surface area contributed by atoms with E-state index in [0.29, 0.717) is 6.54 Å². The van der Waals surface area contributed by atoms with Crippen LogP contribution in [-0.4, -0.2) is 18.2 Å². The van der Waals surface area contributed by atoms with Crippen molar-refractivity contribution in [1.82, 2.24) is 5.32 Å². The summed E-state index contributed by atoms with van der Waals surface area (Å²) < 4.78 is 0. The van der Waals surface area contributed by atoms with Crippen molar-refractivity contribution >= 4 is 11.6 Å². The summed E-state index contributed by atoms with van der Waals surface area (Å²) in [7, 11) is 0. The summed E-state index contributed by atoms with van der Waals surface area (Å²) in [5, 5.41) is 13.9. The SMILES string of the molecule is CCCCNCC(O)c1ccc(Cl)c(C)c1. The Balaban J connectivity index is 2.46. The van der Waals surface area contributed by atoms with Crippen LogP contribution in [0.5, 0.6) is 0 Å². The summed E-state index contributed by atoms with van der Waals surface area (Å²) >= 11 is 5.93. The van der Waals surface area contributed by atoms with Crippen LogP contribution in [0.25, 0.3) is 0 Å². The normalized spacial score (nSPS) is 12.8. The lowest BCUT2D eigenvalue weighted by Gasteiger charge is -2.13. The Bertz CT molecular complexity index is 328. The second-order valence-electron chi connectivity index (χ2n) is 4.08. The zero-order valence-corrected chi connectivity index (χ0v) is 10.7. The number of nitrogens with one attached hydrogen (secondary N) is 1. The van der Waals surface area contributed by atoms with Gasteiger partial charge in [-0.25, -0.2) is 0 Å². The van der Waals surface area contributed by atoms with Gasteiger partial charge in [0.05, 0.1) is 6.10 Å². The van der Waals surface area contributed by atoms with E-state index in [-0.39, 0.29) is 0 Å². The van der Waals surface area contributed by atoms with E-state index in [4.69, 9.17) is 11.6 Å². The van der Waals surface area contributed by atoms with Crippen molar-refractivity contribution in [3.05, 3.63) is 34.3 Å². The lowest BCUT2D eigenvalue weighted by atomic mass is 10.1. The van der Waals surface area contributed by atoms with E-state index in [1.54, 1.807) is 0 Å². The molecule has 1 atom stereocenters. The van der Waals surface area contributed by atoms with Gasteiger partial charge < -0.3 is 10.4 Å². The maximum atomic E-state index is 9.93. The van der Waals surface area contributed by atoms with Crippen LogP contribution in [0.15, 0.2) is 18.2 Å². The number of aryl methyl sites for hydroxylation is 1. The van der Waals surface area contributed by atoms with E-state index in [2.05, 4.69) is 12.2 Å². The summed E-state index contributed by atoms with van der Waals surface area (Å²) in [5.41, 5.74) is 1.93. The van der Waals surface area contributed by atoms with Gasteiger partial charge in [0.25, 0.3) is 0 Å². The number of halogens is 1. The topological polar surface area (TPSA) is 32.3 Å². The Morgan fingerprint density at radius 3 is 2.81 bits per heavy atom. The van der Waals surface area contributed by atoms with Gasteiger partial charge in [0.15, 0.2) is 0 Å². The Kier molecular flexibility index (Phi) is 5.81. The smallest absolute Gasteiger partial charge is 0.0914 e. The van der Waals surface area contributed by atoms with Crippen molar-refractivity contribution in [3.8, 4) is 0 Å². The Morgan fingerprint density at radius 1 is 1.44 bits per heavy atom. The molecule has 1 aromatic rings. The number of hydrogen-bond donors (Lipinski definition) is 2. The van der Waals surface area contributed by atoms with Crippen LogP contribution in [0.2, 0.25) is 5.02 Å². The molecular formula is C13H20ClNO. The molecule has 2 nitrogen and oxygen atoms in total.